The third-order valence-electron chi connectivity index (χ3n) is 12.2. The summed E-state index contributed by atoms with van der Waals surface area (Å²) in [7, 11) is 0. The van der Waals surface area contributed by atoms with Crippen molar-refractivity contribution in [3.05, 3.63) is 0 Å². The van der Waals surface area contributed by atoms with Crippen molar-refractivity contribution in [2.75, 3.05) is 6.54 Å². The molecule has 0 rings (SSSR count). The number of primary amides is 3. The lowest BCUT2D eigenvalue weighted by molar-refractivity contribution is -0.143. The molecule has 32 nitrogen and oxygen atoms in total. The van der Waals surface area contributed by atoms with E-state index in [1.807, 2.05) is 0 Å². The Morgan fingerprint density at radius 3 is 1.27 bits per heavy atom. The van der Waals surface area contributed by atoms with Crippen molar-refractivity contribution >= 4 is 88.8 Å². The van der Waals surface area contributed by atoms with Crippen LogP contribution in [0.15, 0.2) is 0 Å². The average molecular weight is 1160 g/mol. The highest BCUT2D eigenvalue weighted by Crippen LogP contribution is 2.13. The SMILES string of the molecule is CC[C@H](C)[C@H](NC(=O)[C@H](CC(=O)O)NC(=O)[C@H](CC(C)C)NC(=O)[C@H](CCC(N)=O)NC(=O)[C@H](CC(N)=O)NC(=O)[C@@H](N)CC(N)=O)C(=O)N[C@@H](C)C(=O)N[C@@H](CCC(=O)O)C(=O)N[C@@H](CCCCN)C(=O)N[C@@H](CC(C)C)C(=O)O. The molecule has 0 bridgehead atoms. The van der Waals surface area contributed by atoms with Crippen LogP contribution in [0.25, 0.3) is 0 Å². The number of aliphatic carboxylic acids is 3. The molecule has 0 saturated carbocycles. The van der Waals surface area contributed by atoms with E-state index in [1.54, 1.807) is 34.6 Å². The first-order chi connectivity index (χ1) is 37.6. The summed E-state index contributed by atoms with van der Waals surface area (Å²) in [4.78, 5) is 193. The molecule has 0 aliphatic rings. The highest BCUT2D eigenvalue weighted by molar-refractivity contribution is 6.00. The van der Waals surface area contributed by atoms with E-state index in [9.17, 15) is 87.2 Å². The number of rotatable bonds is 41. The molecule has 458 valence electrons. The van der Waals surface area contributed by atoms with Crippen molar-refractivity contribution in [1.82, 2.24) is 47.9 Å². The minimum atomic E-state index is -1.95. The largest absolute Gasteiger partial charge is 0.481 e. The van der Waals surface area contributed by atoms with Crippen molar-refractivity contribution in [3.8, 4) is 0 Å². The molecule has 0 unspecified atom stereocenters. The number of hydrogen-bond donors (Lipinski definition) is 17. The van der Waals surface area contributed by atoms with Gasteiger partial charge >= 0.3 is 17.9 Å². The van der Waals surface area contributed by atoms with E-state index >= 15 is 0 Å². The number of carboxylic acid groups (broad SMARTS) is 3. The Morgan fingerprint density at radius 1 is 0.407 bits per heavy atom. The summed E-state index contributed by atoms with van der Waals surface area (Å²) < 4.78 is 0. The van der Waals surface area contributed by atoms with Gasteiger partial charge in [-0.2, -0.15) is 0 Å². The number of carboxylic acids is 3. The van der Waals surface area contributed by atoms with Gasteiger partial charge in [0.05, 0.1) is 25.3 Å². The second-order valence-corrected chi connectivity index (χ2v) is 20.4. The topological polar surface area (TPSA) is 555 Å². The minimum absolute atomic E-state index is 0.0163. The zero-order chi connectivity index (χ0) is 62.4. The van der Waals surface area contributed by atoms with Gasteiger partial charge in [0.25, 0.3) is 0 Å². The summed E-state index contributed by atoms with van der Waals surface area (Å²) in [6.45, 7) is 11.3. The molecule has 0 aromatic heterocycles. The molecule has 0 saturated heterocycles. The molecule has 0 radical (unpaired) electrons. The Labute approximate surface area is 468 Å². The molecule has 22 N–H and O–H groups in total. The van der Waals surface area contributed by atoms with Gasteiger partial charge in [-0.05, 0) is 76.2 Å². The second kappa shape index (κ2) is 37.0. The summed E-state index contributed by atoms with van der Waals surface area (Å²) in [5.41, 5.74) is 26.9. The summed E-state index contributed by atoms with van der Waals surface area (Å²) in [6.07, 6.45) is -4.06. The molecule has 0 spiro atoms. The van der Waals surface area contributed by atoms with Gasteiger partial charge in [-0.1, -0.05) is 48.0 Å². The van der Waals surface area contributed by atoms with Crippen LogP contribution in [0.5, 0.6) is 0 Å². The predicted molar refractivity (Wildman–Crippen MR) is 285 cm³/mol. The molecule has 32 heteroatoms. The molecule has 81 heavy (non-hydrogen) atoms. The molecule has 11 atom stereocenters. The van der Waals surface area contributed by atoms with E-state index in [1.165, 1.54) is 13.8 Å². The van der Waals surface area contributed by atoms with E-state index in [-0.39, 0.29) is 38.1 Å². The van der Waals surface area contributed by atoms with Crippen molar-refractivity contribution in [2.45, 2.75) is 192 Å². The van der Waals surface area contributed by atoms with Crippen molar-refractivity contribution in [2.24, 2.45) is 46.4 Å². The van der Waals surface area contributed by atoms with Gasteiger partial charge in [-0.3, -0.25) is 67.1 Å². The van der Waals surface area contributed by atoms with Gasteiger partial charge < -0.3 is 91.8 Å². The van der Waals surface area contributed by atoms with Gasteiger partial charge in [0.15, 0.2) is 0 Å². The number of amides is 12. The van der Waals surface area contributed by atoms with E-state index in [0.29, 0.717) is 12.8 Å². The first kappa shape index (κ1) is 73.0. The van der Waals surface area contributed by atoms with Crippen LogP contribution in [0, 0.1) is 17.8 Å². The molecule has 0 fully saturated rings. The van der Waals surface area contributed by atoms with E-state index < -0.39 is 206 Å². The maximum absolute atomic E-state index is 14.0. The van der Waals surface area contributed by atoms with Crippen LogP contribution in [0.2, 0.25) is 0 Å². The molecule has 0 heterocycles. The van der Waals surface area contributed by atoms with Crippen LogP contribution in [-0.2, 0) is 71.9 Å². The molecule has 0 aromatic rings. The van der Waals surface area contributed by atoms with Crippen LogP contribution < -0.4 is 76.5 Å². The van der Waals surface area contributed by atoms with Gasteiger partial charge in [-0.25, -0.2) is 4.79 Å². The van der Waals surface area contributed by atoms with Crippen LogP contribution in [0.4, 0.5) is 0 Å². The van der Waals surface area contributed by atoms with Crippen LogP contribution in [-0.4, -0.2) is 171 Å². The zero-order valence-electron chi connectivity index (χ0n) is 46.8. The number of carbonyl (C=O) groups excluding carboxylic acids is 12. The van der Waals surface area contributed by atoms with Crippen molar-refractivity contribution < 1.29 is 87.2 Å². The third kappa shape index (κ3) is 29.7. The second-order valence-electron chi connectivity index (χ2n) is 20.4. The zero-order valence-corrected chi connectivity index (χ0v) is 46.8. The Balaban J connectivity index is 6.68. The number of nitrogens with two attached hydrogens (primary N) is 5. The lowest BCUT2D eigenvalue weighted by Gasteiger charge is -2.29. The highest BCUT2D eigenvalue weighted by atomic mass is 16.4. The predicted octanol–water partition coefficient (Wildman–Crippen LogP) is -5.60. The van der Waals surface area contributed by atoms with Crippen LogP contribution in [0.1, 0.15) is 132 Å². The van der Waals surface area contributed by atoms with E-state index in [4.69, 9.17) is 28.7 Å². The monoisotopic (exact) mass is 1160 g/mol. The van der Waals surface area contributed by atoms with Crippen LogP contribution >= 0.6 is 0 Å². The lowest BCUT2D eigenvalue weighted by atomic mass is 9.97. The number of unbranched alkanes of at least 4 members (excludes halogenated alkanes) is 1. The van der Waals surface area contributed by atoms with E-state index in [0.717, 1.165) is 0 Å². The molecule has 12 amide bonds. The first-order valence-electron chi connectivity index (χ1n) is 26.3. The molecular weight excluding hydrogens is 1070 g/mol. The van der Waals surface area contributed by atoms with Gasteiger partial charge in [0, 0.05) is 12.8 Å². The fraction of sp³-hybridized carbons (Fsp3) is 0.694. The number of hydrogen-bond acceptors (Lipinski definition) is 17. The normalized spacial score (nSPS) is 15.1. The maximum Gasteiger partial charge on any atom is 0.326 e. The van der Waals surface area contributed by atoms with Crippen molar-refractivity contribution in [3.63, 3.8) is 0 Å². The van der Waals surface area contributed by atoms with Gasteiger partial charge in [-0.15, -0.1) is 0 Å². The molecule has 0 aliphatic heterocycles. The van der Waals surface area contributed by atoms with Crippen molar-refractivity contribution in [1.29, 1.82) is 0 Å². The Bertz CT molecular complexity index is 2250. The van der Waals surface area contributed by atoms with Crippen LogP contribution in [0.3, 0.4) is 0 Å². The lowest BCUT2D eigenvalue weighted by Crippen LogP contribution is -2.61. The number of carbonyl (C=O) groups is 15. The molecule has 0 aliphatic carbocycles. The highest BCUT2D eigenvalue weighted by Gasteiger charge is 2.37. The Hall–Kier alpha value is -8.03. The standard InChI is InChI=1S/C49H84N14O18/c1-8-24(6)39(48(79)55-25(7)40(71)56-29(13-15-37(67)68)43(74)57-27(11-9-10-16-50)42(73)62-33(49(80)81)18-23(4)5)63-47(78)32(21-38(69)70)61-45(76)30(17-22(2)3)60-44(75)28(12-14-34(52)64)58-46(77)31(20-36(54)66)59-41(72)26(51)19-35(53)65/h22-33,39H,8-21,50-51H2,1-7H3,(H2,52,64)(H2,53,65)(H2,54,66)(H,55,79)(H,56,71)(H,57,74)(H,58,77)(H,59,72)(H,60,75)(H,61,76)(H,62,73)(H,63,78)(H,67,68)(H,69,70)(H,80,81)/t24-,25-,26-,27-,28-,29-,30-,31-,32-,33-,39-/m0/s1. The summed E-state index contributed by atoms with van der Waals surface area (Å²) in [5.74, 6) is -18.4. The summed E-state index contributed by atoms with van der Waals surface area (Å²) >= 11 is 0. The Kier molecular flexibility index (Phi) is 33.3. The van der Waals surface area contributed by atoms with Gasteiger partial charge in [0.1, 0.15) is 54.4 Å². The van der Waals surface area contributed by atoms with Gasteiger partial charge in [0.2, 0.25) is 70.9 Å². The third-order valence-corrected chi connectivity index (χ3v) is 12.2. The minimum Gasteiger partial charge on any atom is -0.481 e. The fourth-order valence-electron chi connectivity index (χ4n) is 7.61. The summed E-state index contributed by atoms with van der Waals surface area (Å²) in [6, 6.07) is -16.0. The molecule has 0 aromatic carbocycles. The number of nitrogens with one attached hydrogen (secondary N) is 9. The fourth-order valence-corrected chi connectivity index (χ4v) is 7.61. The quantitative estimate of drug-likeness (QED) is 0.0254. The maximum atomic E-state index is 14.0. The Morgan fingerprint density at radius 2 is 0.815 bits per heavy atom. The first-order valence-corrected chi connectivity index (χ1v) is 26.3. The smallest absolute Gasteiger partial charge is 0.326 e. The molecular formula is C49H84N14O18. The summed E-state index contributed by atoms with van der Waals surface area (Å²) in [5, 5.41) is 50.0. The van der Waals surface area contributed by atoms with E-state index in [2.05, 4.69) is 47.9 Å². The average Bonchev–Trinajstić information content (AvgIpc) is 3.35.